The van der Waals surface area contributed by atoms with Gasteiger partial charge in [0.1, 0.15) is 12.0 Å². The molecule has 1 heterocycles. The molecule has 23 heavy (non-hydrogen) atoms. The van der Waals surface area contributed by atoms with Crippen molar-refractivity contribution in [1.82, 2.24) is 4.98 Å². The van der Waals surface area contributed by atoms with E-state index in [2.05, 4.69) is 15.6 Å². The van der Waals surface area contributed by atoms with E-state index in [1.54, 1.807) is 0 Å². The largest absolute Gasteiger partial charge is 0.385 e. The number of anilines is 2. The average Bonchev–Trinajstić information content (AvgIpc) is 2.55. The van der Waals surface area contributed by atoms with Crippen molar-refractivity contribution in [2.75, 3.05) is 23.7 Å². The Bertz CT molecular complexity index is 691. The van der Waals surface area contributed by atoms with E-state index in [1.807, 2.05) is 30.3 Å². The predicted octanol–water partition coefficient (Wildman–Crippen LogP) is 2.00. The lowest BCUT2D eigenvalue weighted by atomic mass is 10.2. The minimum atomic E-state index is -0.758. The van der Waals surface area contributed by atoms with Crippen molar-refractivity contribution in [1.29, 1.82) is 0 Å². The van der Waals surface area contributed by atoms with Crippen LogP contribution in [-0.2, 0) is 0 Å². The van der Waals surface area contributed by atoms with Gasteiger partial charge in [-0.25, -0.2) is 4.98 Å². The molecule has 2 aromatic rings. The number of primary amides is 1. The number of pyridine rings is 1. The van der Waals surface area contributed by atoms with Gasteiger partial charge in [0.2, 0.25) is 0 Å². The minimum Gasteiger partial charge on any atom is -0.385 e. The number of para-hydroxylation sites is 1. The van der Waals surface area contributed by atoms with E-state index < -0.39 is 10.8 Å². The quantitative estimate of drug-likeness (QED) is 0.389. The SMILES string of the molecule is NC(=O)c1cc([N+](=O)[O-])cnc1NCCCNc1ccccc1. The number of aromatic nitrogens is 1. The molecule has 120 valence electrons. The number of carbonyl (C=O) groups excluding carboxylic acids is 1. The molecule has 1 aromatic heterocycles. The molecule has 8 heteroatoms. The molecular weight excluding hydrogens is 298 g/mol. The van der Waals surface area contributed by atoms with Crippen LogP contribution in [0, 0.1) is 10.1 Å². The molecule has 1 amide bonds. The molecule has 2 rings (SSSR count). The van der Waals surface area contributed by atoms with Crippen molar-refractivity contribution in [3.63, 3.8) is 0 Å². The van der Waals surface area contributed by atoms with Crippen LogP contribution in [0.25, 0.3) is 0 Å². The molecule has 0 saturated carbocycles. The number of nitrogens with zero attached hydrogens (tertiary/aromatic N) is 2. The van der Waals surface area contributed by atoms with Gasteiger partial charge in [0.25, 0.3) is 11.6 Å². The Hall–Kier alpha value is -3.16. The number of carbonyl (C=O) groups is 1. The van der Waals surface area contributed by atoms with E-state index >= 15 is 0 Å². The normalized spacial score (nSPS) is 10.1. The average molecular weight is 315 g/mol. The zero-order chi connectivity index (χ0) is 16.7. The van der Waals surface area contributed by atoms with Gasteiger partial charge in [-0.2, -0.15) is 0 Å². The van der Waals surface area contributed by atoms with Crippen LogP contribution in [0.3, 0.4) is 0 Å². The second-order valence-corrected chi connectivity index (χ2v) is 4.78. The van der Waals surface area contributed by atoms with E-state index in [9.17, 15) is 14.9 Å². The van der Waals surface area contributed by atoms with Crippen molar-refractivity contribution >= 4 is 23.1 Å². The van der Waals surface area contributed by atoms with Gasteiger partial charge < -0.3 is 16.4 Å². The molecule has 0 aliphatic rings. The van der Waals surface area contributed by atoms with E-state index in [0.29, 0.717) is 6.54 Å². The van der Waals surface area contributed by atoms with Crippen molar-refractivity contribution in [2.45, 2.75) is 6.42 Å². The summed E-state index contributed by atoms with van der Waals surface area (Å²) in [5.41, 5.74) is 6.00. The fourth-order valence-corrected chi connectivity index (χ4v) is 1.97. The van der Waals surface area contributed by atoms with Crippen LogP contribution >= 0.6 is 0 Å². The summed E-state index contributed by atoms with van der Waals surface area (Å²) in [5, 5.41) is 16.9. The smallest absolute Gasteiger partial charge is 0.288 e. The Morgan fingerprint density at radius 1 is 1.22 bits per heavy atom. The number of nitrogens with two attached hydrogens (primary N) is 1. The van der Waals surface area contributed by atoms with Gasteiger partial charge >= 0.3 is 0 Å². The molecular formula is C15H17N5O3. The first-order valence-corrected chi connectivity index (χ1v) is 7.05. The summed E-state index contributed by atoms with van der Waals surface area (Å²) < 4.78 is 0. The van der Waals surface area contributed by atoms with Crippen molar-refractivity contribution in [3.8, 4) is 0 Å². The maximum Gasteiger partial charge on any atom is 0.288 e. The predicted molar refractivity (Wildman–Crippen MR) is 87.4 cm³/mol. The van der Waals surface area contributed by atoms with Crippen LogP contribution < -0.4 is 16.4 Å². The second-order valence-electron chi connectivity index (χ2n) is 4.78. The van der Waals surface area contributed by atoms with E-state index in [4.69, 9.17) is 5.73 Å². The lowest BCUT2D eigenvalue weighted by Crippen LogP contribution is -2.17. The fourth-order valence-electron chi connectivity index (χ4n) is 1.97. The fraction of sp³-hybridized carbons (Fsp3) is 0.200. The summed E-state index contributed by atoms with van der Waals surface area (Å²) in [6.45, 7) is 1.28. The van der Waals surface area contributed by atoms with Gasteiger partial charge in [-0.3, -0.25) is 14.9 Å². The maximum absolute atomic E-state index is 11.4. The summed E-state index contributed by atoms with van der Waals surface area (Å²) in [6, 6.07) is 10.9. The summed E-state index contributed by atoms with van der Waals surface area (Å²) in [7, 11) is 0. The minimum absolute atomic E-state index is 0.00946. The van der Waals surface area contributed by atoms with Crippen molar-refractivity contribution in [2.24, 2.45) is 5.73 Å². The Morgan fingerprint density at radius 2 is 1.91 bits per heavy atom. The standard InChI is InChI=1S/C15H17N5O3/c16-14(21)13-9-12(20(22)23)10-19-15(13)18-8-4-7-17-11-5-2-1-3-6-11/h1-3,5-6,9-10,17H,4,7-8H2,(H2,16,21)(H,18,19). The summed E-state index contributed by atoms with van der Waals surface area (Å²) >= 11 is 0. The number of benzene rings is 1. The van der Waals surface area contributed by atoms with Gasteiger partial charge in [0, 0.05) is 24.8 Å². The van der Waals surface area contributed by atoms with Gasteiger partial charge in [-0.15, -0.1) is 0 Å². The number of nitrogens with one attached hydrogen (secondary N) is 2. The Morgan fingerprint density at radius 3 is 2.57 bits per heavy atom. The number of nitro groups is 1. The van der Waals surface area contributed by atoms with Crippen LogP contribution in [0.4, 0.5) is 17.2 Å². The molecule has 0 unspecified atom stereocenters. The third kappa shape index (κ3) is 4.67. The lowest BCUT2D eigenvalue weighted by molar-refractivity contribution is -0.385. The monoisotopic (exact) mass is 315 g/mol. The van der Waals surface area contributed by atoms with Crippen LogP contribution in [0.2, 0.25) is 0 Å². The number of hydrogen-bond donors (Lipinski definition) is 3. The zero-order valence-electron chi connectivity index (χ0n) is 12.4. The zero-order valence-corrected chi connectivity index (χ0v) is 12.4. The highest BCUT2D eigenvalue weighted by Crippen LogP contribution is 2.18. The summed E-state index contributed by atoms with van der Waals surface area (Å²) in [4.78, 5) is 25.4. The van der Waals surface area contributed by atoms with Crippen LogP contribution in [0.1, 0.15) is 16.8 Å². The van der Waals surface area contributed by atoms with Crippen molar-refractivity contribution < 1.29 is 9.72 Å². The first-order chi connectivity index (χ1) is 11.1. The molecule has 0 bridgehead atoms. The van der Waals surface area contributed by atoms with Crippen LogP contribution in [0.15, 0.2) is 42.6 Å². The third-order valence-electron chi connectivity index (χ3n) is 3.10. The number of amides is 1. The van der Waals surface area contributed by atoms with Crippen LogP contribution in [0.5, 0.6) is 0 Å². The molecule has 0 saturated heterocycles. The molecule has 0 atom stereocenters. The Kier molecular flexibility index (Phi) is 5.45. The summed E-state index contributed by atoms with van der Waals surface area (Å²) in [5.74, 6) is -0.506. The highest BCUT2D eigenvalue weighted by molar-refractivity contribution is 5.98. The van der Waals surface area contributed by atoms with Crippen molar-refractivity contribution in [3.05, 3.63) is 58.3 Å². The molecule has 4 N–H and O–H groups in total. The van der Waals surface area contributed by atoms with E-state index in [-0.39, 0.29) is 17.1 Å². The second kappa shape index (κ2) is 7.74. The summed E-state index contributed by atoms with van der Waals surface area (Å²) in [6.07, 6.45) is 1.86. The molecule has 0 fully saturated rings. The first-order valence-electron chi connectivity index (χ1n) is 7.05. The first kappa shape index (κ1) is 16.2. The number of rotatable bonds is 8. The number of hydrogen-bond acceptors (Lipinski definition) is 6. The molecule has 1 aromatic carbocycles. The Balaban J connectivity index is 1.87. The lowest BCUT2D eigenvalue weighted by Gasteiger charge is -2.10. The molecule has 0 spiro atoms. The highest BCUT2D eigenvalue weighted by Gasteiger charge is 2.15. The van der Waals surface area contributed by atoms with Crippen LogP contribution in [-0.4, -0.2) is 28.9 Å². The van der Waals surface area contributed by atoms with E-state index in [1.165, 1.54) is 0 Å². The highest BCUT2D eigenvalue weighted by atomic mass is 16.6. The van der Waals surface area contributed by atoms with Gasteiger partial charge in [0.15, 0.2) is 0 Å². The topological polar surface area (TPSA) is 123 Å². The molecule has 0 aliphatic carbocycles. The third-order valence-corrected chi connectivity index (χ3v) is 3.10. The van der Waals surface area contributed by atoms with Gasteiger partial charge in [-0.1, -0.05) is 18.2 Å². The molecule has 0 aliphatic heterocycles. The van der Waals surface area contributed by atoms with E-state index in [0.717, 1.165) is 30.9 Å². The van der Waals surface area contributed by atoms with Gasteiger partial charge in [-0.05, 0) is 18.6 Å². The van der Waals surface area contributed by atoms with Gasteiger partial charge in [0.05, 0.1) is 10.5 Å². The molecule has 0 radical (unpaired) electrons. The maximum atomic E-state index is 11.4. The Labute approximate surface area is 132 Å². The molecule has 8 nitrogen and oxygen atoms in total.